The largest absolute Gasteiger partial charge is 0.360 e. The topological polar surface area (TPSA) is 35.6 Å². The van der Waals surface area contributed by atoms with Crippen LogP contribution in [0.2, 0.25) is 0 Å². The summed E-state index contributed by atoms with van der Waals surface area (Å²) in [6.45, 7) is 11.9. The molecule has 0 saturated heterocycles. The van der Waals surface area contributed by atoms with Crippen molar-refractivity contribution >= 4 is 23.4 Å². The van der Waals surface area contributed by atoms with E-state index in [9.17, 15) is 4.79 Å². The van der Waals surface area contributed by atoms with E-state index < -0.39 is 0 Å². The maximum absolute atomic E-state index is 12.3. The van der Waals surface area contributed by atoms with Crippen molar-refractivity contribution in [3.05, 3.63) is 24.3 Å². The summed E-state index contributed by atoms with van der Waals surface area (Å²) in [6.07, 6.45) is 2.14. The van der Waals surface area contributed by atoms with Crippen LogP contribution in [0.4, 0.5) is 5.69 Å². The average molecular weight is 350 g/mol. The number of anilines is 1. The van der Waals surface area contributed by atoms with Gasteiger partial charge in [-0.3, -0.25) is 4.79 Å². The number of hydrogen-bond donors (Lipinski definition) is 1. The van der Waals surface area contributed by atoms with Crippen LogP contribution in [-0.2, 0) is 4.79 Å². The van der Waals surface area contributed by atoms with E-state index in [2.05, 4.69) is 60.2 Å². The van der Waals surface area contributed by atoms with Gasteiger partial charge in [-0.25, -0.2) is 0 Å². The van der Waals surface area contributed by atoms with Gasteiger partial charge in [-0.2, -0.15) is 0 Å². The van der Waals surface area contributed by atoms with Crippen molar-refractivity contribution in [3.63, 3.8) is 0 Å². The first-order chi connectivity index (χ1) is 11.7. The highest BCUT2D eigenvalue weighted by molar-refractivity contribution is 8.00. The fraction of sp³-hybridized carbons (Fsp3) is 0.632. The van der Waals surface area contributed by atoms with E-state index in [0.29, 0.717) is 11.8 Å². The van der Waals surface area contributed by atoms with E-state index in [1.54, 1.807) is 0 Å². The average Bonchev–Trinajstić information content (AvgIpc) is 2.61. The van der Waals surface area contributed by atoms with Crippen molar-refractivity contribution in [1.82, 2.24) is 10.2 Å². The maximum atomic E-state index is 12.3. The Labute approximate surface area is 151 Å². The number of benzene rings is 1. The number of para-hydroxylation sites is 1. The lowest BCUT2D eigenvalue weighted by atomic mass is 10.2. The van der Waals surface area contributed by atoms with E-state index in [0.717, 1.165) is 45.6 Å². The van der Waals surface area contributed by atoms with E-state index >= 15 is 0 Å². The van der Waals surface area contributed by atoms with Crippen molar-refractivity contribution < 1.29 is 4.79 Å². The van der Waals surface area contributed by atoms with E-state index in [-0.39, 0.29) is 5.91 Å². The molecular formula is C19H31N3OS. The number of fused-ring (bicyclic) bond motifs is 1. The predicted octanol–water partition coefficient (Wildman–Crippen LogP) is 3.23. The second-order valence-corrected chi connectivity index (χ2v) is 7.57. The molecule has 1 atom stereocenters. The summed E-state index contributed by atoms with van der Waals surface area (Å²) in [5.74, 6) is 0.131. The van der Waals surface area contributed by atoms with Gasteiger partial charge in [0.2, 0.25) is 5.91 Å². The fourth-order valence-corrected chi connectivity index (χ4v) is 4.30. The maximum Gasteiger partial charge on any atom is 0.239 e. The summed E-state index contributed by atoms with van der Waals surface area (Å²) in [7, 11) is 0. The molecule has 0 unspecified atom stereocenters. The summed E-state index contributed by atoms with van der Waals surface area (Å²) >= 11 is 1.94. The summed E-state index contributed by atoms with van der Waals surface area (Å²) in [5.41, 5.74) is 1.20. The smallest absolute Gasteiger partial charge is 0.239 e. The molecule has 134 valence electrons. The third-order valence-electron chi connectivity index (χ3n) is 4.58. The molecule has 0 spiro atoms. The Morgan fingerprint density at radius 2 is 2.04 bits per heavy atom. The molecular weight excluding hydrogens is 318 g/mol. The van der Waals surface area contributed by atoms with Gasteiger partial charge < -0.3 is 15.1 Å². The molecule has 1 aliphatic heterocycles. The van der Waals surface area contributed by atoms with Crippen LogP contribution in [0.5, 0.6) is 0 Å². The van der Waals surface area contributed by atoms with Crippen molar-refractivity contribution in [2.45, 2.75) is 43.8 Å². The highest BCUT2D eigenvalue weighted by Crippen LogP contribution is 2.39. The monoisotopic (exact) mass is 349 g/mol. The molecule has 1 aromatic rings. The van der Waals surface area contributed by atoms with Gasteiger partial charge in [0.15, 0.2) is 0 Å². The van der Waals surface area contributed by atoms with Crippen LogP contribution in [0.15, 0.2) is 29.2 Å². The van der Waals surface area contributed by atoms with Crippen LogP contribution in [0.1, 0.15) is 33.6 Å². The molecule has 1 aromatic carbocycles. The van der Waals surface area contributed by atoms with Crippen LogP contribution in [-0.4, -0.2) is 55.3 Å². The molecule has 1 heterocycles. The Balaban J connectivity index is 1.83. The zero-order valence-corrected chi connectivity index (χ0v) is 16.1. The molecule has 0 aliphatic carbocycles. The normalized spacial score (nSPS) is 17.0. The number of thioether (sulfide) groups is 1. The van der Waals surface area contributed by atoms with E-state index in [4.69, 9.17) is 0 Å². The molecule has 1 aliphatic rings. The SMILES string of the molecule is CC[C@H]1CN(CC(=O)NCCCN(CC)CC)c2ccccc2S1. The standard InChI is InChI=1S/C19H31N3OS/c1-4-16-14-22(17-10-7-8-11-18(17)24-16)15-19(23)20-12-9-13-21(5-2)6-3/h7-8,10-11,16H,4-6,9,12-15H2,1-3H3,(H,20,23)/t16-/m0/s1. The third kappa shape index (κ3) is 5.42. The molecule has 0 aromatic heterocycles. The Kier molecular flexibility index (Phi) is 7.92. The van der Waals surface area contributed by atoms with Gasteiger partial charge in [0.25, 0.3) is 0 Å². The first kappa shape index (κ1) is 19.1. The van der Waals surface area contributed by atoms with Crippen molar-refractivity contribution in [2.24, 2.45) is 0 Å². The van der Waals surface area contributed by atoms with Gasteiger partial charge in [0.05, 0.1) is 12.2 Å². The Bertz CT molecular complexity index is 519. The van der Waals surface area contributed by atoms with Crippen molar-refractivity contribution in [2.75, 3.05) is 44.2 Å². The van der Waals surface area contributed by atoms with Crippen molar-refractivity contribution in [3.8, 4) is 0 Å². The predicted molar refractivity (Wildman–Crippen MR) is 104 cm³/mol. The van der Waals surface area contributed by atoms with Gasteiger partial charge >= 0.3 is 0 Å². The van der Waals surface area contributed by atoms with Gasteiger partial charge in [-0.05, 0) is 44.6 Å². The summed E-state index contributed by atoms with van der Waals surface area (Å²) in [4.78, 5) is 18.2. The number of carbonyl (C=O) groups excluding carboxylic acids is 1. The minimum absolute atomic E-state index is 0.131. The van der Waals surface area contributed by atoms with Crippen LogP contribution < -0.4 is 10.2 Å². The van der Waals surface area contributed by atoms with Gasteiger partial charge in [0, 0.05) is 23.2 Å². The molecule has 1 N–H and O–H groups in total. The molecule has 0 radical (unpaired) electrons. The molecule has 0 bridgehead atoms. The molecule has 4 nitrogen and oxygen atoms in total. The zero-order valence-electron chi connectivity index (χ0n) is 15.3. The van der Waals surface area contributed by atoms with Crippen LogP contribution in [0.25, 0.3) is 0 Å². The lowest BCUT2D eigenvalue weighted by Gasteiger charge is -2.34. The molecule has 0 fully saturated rings. The van der Waals surface area contributed by atoms with E-state index in [1.807, 2.05) is 11.8 Å². The van der Waals surface area contributed by atoms with Crippen LogP contribution in [0, 0.1) is 0 Å². The summed E-state index contributed by atoms with van der Waals surface area (Å²) in [5, 5.41) is 3.65. The molecule has 2 rings (SSSR count). The number of carbonyl (C=O) groups is 1. The van der Waals surface area contributed by atoms with Gasteiger partial charge in [0.1, 0.15) is 0 Å². The highest BCUT2D eigenvalue weighted by atomic mass is 32.2. The second-order valence-electron chi connectivity index (χ2n) is 6.23. The number of rotatable bonds is 9. The summed E-state index contributed by atoms with van der Waals surface area (Å²) in [6, 6.07) is 8.43. The summed E-state index contributed by atoms with van der Waals surface area (Å²) < 4.78 is 0. The molecule has 24 heavy (non-hydrogen) atoms. The number of amides is 1. The highest BCUT2D eigenvalue weighted by Gasteiger charge is 2.24. The molecule has 1 amide bonds. The minimum atomic E-state index is 0.131. The van der Waals surface area contributed by atoms with Crippen LogP contribution >= 0.6 is 11.8 Å². The molecule has 5 heteroatoms. The van der Waals surface area contributed by atoms with Crippen molar-refractivity contribution in [1.29, 1.82) is 0 Å². The first-order valence-corrected chi connectivity index (χ1v) is 10.1. The quantitative estimate of drug-likeness (QED) is 0.694. The lowest BCUT2D eigenvalue weighted by Crippen LogP contribution is -2.42. The van der Waals surface area contributed by atoms with Gasteiger partial charge in [-0.1, -0.05) is 32.9 Å². The van der Waals surface area contributed by atoms with Gasteiger partial charge in [-0.15, -0.1) is 11.8 Å². The lowest BCUT2D eigenvalue weighted by molar-refractivity contribution is -0.119. The molecule has 0 saturated carbocycles. The second kappa shape index (κ2) is 9.94. The fourth-order valence-electron chi connectivity index (χ4n) is 3.04. The van der Waals surface area contributed by atoms with E-state index in [1.165, 1.54) is 10.6 Å². The number of nitrogens with zero attached hydrogens (tertiary/aromatic N) is 2. The zero-order chi connectivity index (χ0) is 17.4. The Hall–Kier alpha value is -1.20. The third-order valence-corrected chi connectivity index (χ3v) is 6.00. The number of nitrogens with one attached hydrogen (secondary N) is 1. The Morgan fingerprint density at radius 1 is 1.29 bits per heavy atom. The number of hydrogen-bond acceptors (Lipinski definition) is 4. The first-order valence-electron chi connectivity index (χ1n) is 9.17. The van der Waals surface area contributed by atoms with Crippen LogP contribution in [0.3, 0.4) is 0 Å². The minimum Gasteiger partial charge on any atom is -0.360 e. The Morgan fingerprint density at radius 3 is 2.75 bits per heavy atom.